The average molecular weight is 391 g/mol. The third-order valence-electron chi connectivity index (χ3n) is 10.1. The van der Waals surface area contributed by atoms with E-state index in [2.05, 4.69) is 26.8 Å². The number of rotatable bonds is 1. The van der Waals surface area contributed by atoms with Crippen LogP contribution in [0, 0.1) is 34.5 Å². The first-order chi connectivity index (χ1) is 13.2. The summed E-state index contributed by atoms with van der Waals surface area (Å²) in [5.74, 6) is 0.882. The van der Waals surface area contributed by atoms with Gasteiger partial charge in [-0.2, -0.15) is 0 Å². The molecule has 0 amide bonds. The van der Waals surface area contributed by atoms with Crippen molar-refractivity contribution in [2.75, 3.05) is 13.2 Å². The van der Waals surface area contributed by atoms with Gasteiger partial charge in [0.1, 0.15) is 5.60 Å². The number of hydrogen-bond donors (Lipinski definition) is 2. The molecule has 158 valence electrons. The molecule has 0 radical (unpaired) electrons. The van der Waals surface area contributed by atoms with Crippen molar-refractivity contribution in [3.05, 3.63) is 11.6 Å². The van der Waals surface area contributed by atoms with Gasteiger partial charge in [-0.3, -0.25) is 0 Å². The lowest BCUT2D eigenvalue weighted by Crippen LogP contribution is -2.64. The Balaban J connectivity index is 1.54. The first-order valence-corrected chi connectivity index (χ1v) is 11.5. The zero-order valence-corrected chi connectivity index (χ0v) is 18.0. The second-order valence-corrected chi connectivity index (χ2v) is 11.2. The molecule has 1 heterocycles. The second kappa shape index (κ2) is 6.06. The van der Waals surface area contributed by atoms with E-state index in [1.807, 2.05) is 6.92 Å². The number of hydrogen-bond acceptors (Lipinski definition) is 4. The predicted octanol–water partition coefficient (Wildman–Crippen LogP) is 4.05. The first-order valence-electron chi connectivity index (χ1n) is 11.5. The highest BCUT2D eigenvalue weighted by Gasteiger charge is 2.72. The summed E-state index contributed by atoms with van der Waals surface area (Å²) in [5, 5.41) is 22.4. The van der Waals surface area contributed by atoms with E-state index >= 15 is 0 Å². The van der Waals surface area contributed by atoms with Gasteiger partial charge in [0.15, 0.2) is 5.79 Å². The van der Waals surface area contributed by atoms with Crippen LogP contribution in [0.3, 0.4) is 0 Å². The van der Waals surface area contributed by atoms with Crippen molar-refractivity contribution in [1.29, 1.82) is 0 Å². The van der Waals surface area contributed by atoms with Crippen LogP contribution in [0.5, 0.6) is 0 Å². The van der Waals surface area contributed by atoms with Crippen LogP contribution >= 0.6 is 0 Å². The van der Waals surface area contributed by atoms with E-state index in [0.717, 1.165) is 32.1 Å². The zero-order valence-electron chi connectivity index (χ0n) is 18.0. The normalized spacial score (nSPS) is 55.2. The predicted molar refractivity (Wildman–Crippen MR) is 108 cm³/mol. The molecular formula is C24H38O4. The van der Waals surface area contributed by atoms with E-state index < -0.39 is 11.4 Å². The van der Waals surface area contributed by atoms with Gasteiger partial charge in [-0.15, -0.1) is 0 Å². The van der Waals surface area contributed by atoms with Crippen molar-refractivity contribution in [3.8, 4) is 0 Å². The quantitative estimate of drug-likeness (QED) is 0.663. The van der Waals surface area contributed by atoms with E-state index in [-0.39, 0.29) is 22.9 Å². The van der Waals surface area contributed by atoms with E-state index in [9.17, 15) is 10.2 Å². The lowest BCUT2D eigenvalue weighted by atomic mass is 9.48. The smallest absolute Gasteiger partial charge is 0.195 e. The fourth-order valence-corrected chi connectivity index (χ4v) is 8.55. The van der Waals surface area contributed by atoms with Gasteiger partial charge >= 0.3 is 0 Å². The molecule has 5 rings (SSSR count). The third-order valence-corrected chi connectivity index (χ3v) is 10.1. The molecule has 0 aromatic carbocycles. The molecule has 3 saturated carbocycles. The van der Waals surface area contributed by atoms with Crippen LogP contribution < -0.4 is 0 Å². The Labute approximate surface area is 169 Å². The molecule has 8 atom stereocenters. The summed E-state index contributed by atoms with van der Waals surface area (Å²) < 4.78 is 12.1. The number of fused-ring (bicyclic) bond motifs is 5. The maximum atomic E-state index is 12.2. The van der Waals surface area contributed by atoms with E-state index in [4.69, 9.17) is 9.47 Å². The maximum Gasteiger partial charge on any atom is 0.195 e. The molecule has 4 fully saturated rings. The van der Waals surface area contributed by atoms with Crippen LogP contribution in [-0.4, -0.2) is 40.9 Å². The number of aliphatic hydroxyl groups excluding tert-OH is 1. The Morgan fingerprint density at radius 3 is 2.46 bits per heavy atom. The van der Waals surface area contributed by atoms with Gasteiger partial charge in [0.05, 0.1) is 19.3 Å². The fourth-order valence-electron chi connectivity index (χ4n) is 8.55. The summed E-state index contributed by atoms with van der Waals surface area (Å²) in [4.78, 5) is 0. The Hall–Kier alpha value is -0.420. The molecule has 4 heteroatoms. The zero-order chi connectivity index (χ0) is 19.9. The molecule has 1 aliphatic heterocycles. The molecule has 0 unspecified atom stereocenters. The van der Waals surface area contributed by atoms with Crippen LogP contribution in [-0.2, 0) is 9.47 Å². The third kappa shape index (κ3) is 2.21. The number of aliphatic hydroxyl groups is 2. The molecule has 4 nitrogen and oxygen atoms in total. The minimum absolute atomic E-state index is 0.114. The Bertz CT molecular complexity index is 682. The van der Waals surface area contributed by atoms with Gasteiger partial charge in [-0.25, -0.2) is 0 Å². The van der Waals surface area contributed by atoms with Gasteiger partial charge < -0.3 is 19.7 Å². The largest absolute Gasteiger partial charge is 0.393 e. The first kappa shape index (κ1) is 19.5. The lowest BCUT2D eigenvalue weighted by molar-refractivity contribution is -0.305. The van der Waals surface area contributed by atoms with Crippen molar-refractivity contribution in [2.45, 2.75) is 90.1 Å². The van der Waals surface area contributed by atoms with Crippen molar-refractivity contribution >= 4 is 0 Å². The molecule has 0 spiro atoms. The molecule has 4 aliphatic carbocycles. The van der Waals surface area contributed by atoms with Crippen LogP contribution in [0.25, 0.3) is 0 Å². The Kier molecular flexibility index (Phi) is 4.23. The van der Waals surface area contributed by atoms with E-state index in [1.54, 1.807) is 5.57 Å². The van der Waals surface area contributed by atoms with Gasteiger partial charge in [0, 0.05) is 5.41 Å². The topological polar surface area (TPSA) is 58.9 Å². The van der Waals surface area contributed by atoms with Gasteiger partial charge in [-0.05, 0) is 81.0 Å². The van der Waals surface area contributed by atoms with Crippen molar-refractivity contribution in [1.82, 2.24) is 0 Å². The van der Waals surface area contributed by atoms with Gasteiger partial charge in [0.2, 0.25) is 0 Å². The Morgan fingerprint density at radius 2 is 1.75 bits per heavy atom. The highest BCUT2D eigenvalue weighted by Crippen LogP contribution is 2.69. The summed E-state index contributed by atoms with van der Waals surface area (Å²) in [5.41, 5.74) is 0.686. The van der Waals surface area contributed by atoms with Crippen LogP contribution in [0.2, 0.25) is 0 Å². The highest BCUT2D eigenvalue weighted by molar-refractivity contribution is 5.32. The molecule has 28 heavy (non-hydrogen) atoms. The standard InChI is InChI=1S/C24H38O4/c1-15-13-20-18-6-5-16-14-17(25)7-9-21(16,2)19(18)8-10-22(20,3)24(15,26)23(4)27-11-12-28-23/h8,15-18,20,25-26H,5-7,9-14H2,1-4H3/t15-,16-,17-,18+,20-,21-,22-,24+/m0/s1. The van der Waals surface area contributed by atoms with E-state index in [0.29, 0.717) is 31.0 Å². The summed E-state index contributed by atoms with van der Waals surface area (Å²) in [6.45, 7) is 10.1. The molecule has 0 aromatic rings. The minimum Gasteiger partial charge on any atom is -0.393 e. The van der Waals surface area contributed by atoms with Crippen LogP contribution in [0.15, 0.2) is 11.6 Å². The van der Waals surface area contributed by atoms with Crippen LogP contribution in [0.4, 0.5) is 0 Å². The van der Waals surface area contributed by atoms with Gasteiger partial charge in [0.25, 0.3) is 0 Å². The highest BCUT2D eigenvalue weighted by atomic mass is 16.7. The van der Waals surface area contributed by atoms with Crippen molar-refractivity contribution in [3.63, 3.8) is 0 Å². The summed E-state index contributed by atoms with van der Waals surface area (Å²) in [6, 6.07) is 0. The summed E-state index contributed by atoms with van der Waals surface area (Å²) in [7, 11) is 0. The summed E-state index contributed by atoms with van der Waals surface area (Å²) in [6.07, 6.45) is 9.72. The SMILES string of the molecule is C[C@H]1C[C@H]2[C@@H]3CC[C@H]4C[C@@H](O)CC[C@]4(C)C3=CC[C@]2(C)[C@@]1(O)C1(C)OCCO1. The maximum absolute atomic E-state index is 12.2. The monoisotopic (exact) mass is 390 g/mol. The molecule has 5 aliphatic rings. The molecular weight excluding hydrogens is 352 g/mol. The number of allylic oxidation sites excluding steroid dienone is 2. The van der Waals surface area contributed by atoms with Crippen LogP contribution in [0.1, 0.15) is 72.6 Å². The molecule has 0 bridgehead atoms. The second-order valence-electron chi connectivity index (χ2n) is 11.2. The average Bonchev–Trinajstić information content (AvgIpc) is 3.19. The number of ether oxygens (including phenoxy) is 2. The van der Waals surface area contributed by atoms with Crippen molar-refractivity contribution < 1.29 is 19.7 Å². The molecule has 1 saturated heterocycles. The minimum atomic E-state index is -0.969. The van der Waals surface area contributed by atoms with Crippen molar-refractivity contribution in [2.24, 2.45) is 34.5 Å². The van der Waals surface area contributed by atoms with E-state index in [1.165, 1.54) is 12.8 Å². The molecule has 2 N–H and O–H groups in total. The molecule has 0 aromatic heterocycles. The summed E-state index contributed by atoms with van der Waals surface area (Å²) >= 11 is 0. The lowest BCUT2D eigenvalue weighted by Gasteiger charge is -2.59. The Morgan fingerprint density at radius 1 is 1.04 bits per heavy atom. The fraction of sp³-hybridized carbons (Fsp3) is 0.917. The van der Waals surface area contributed by atoms with Gasteiger partial charge in [-0.1, -0.05) is 32.4 Å².